The molecule has 9 aromatic rings. The molecule has 0 atom stereocenters. The van der Waals surface area contributed by atoms with Gasteiger partial charge in [-0.2, -0.15) is 0 Å². The average molecular weight is 643 g/mol. The largest absolute Gasteiger partial charge is 0.228 e. The van der Waals surface area contributed by atoms with Crippen molar-refractivity contribution in [3.63, 3.8) is 0 Å². The zero-order chi connectivity index (χ0) is 32.6. The summed E-state index contributed by atoms with van der Waals surface area (Å²) in [5.74, 6) is 0.703. The quantitative estimate of drug-likeness (QED) is 0.180. The van der Waals surface area contributed by atoms with E-state index in [1.54, 1.807) is 0 Å². The smallest absolute Gasteiger partial charge is 0.160 e. The van der Waals surface area contributed by atoms with Gasteiger partial charge in [-0.1, -0.05) is 152 Å². The molecule has 0 saturated carbocycles. The van der Waals surface area contributed by atoms with Crippen LogP contribution in [0.5, 0.6) is 0 Å². The molecule has 0 N–H and O–H groups in total. The molecule has 49 heavy (non-hydrogen) atoms. The van der Waals surface area contributed by atoms with E-state index in [0.717, 1.165) is 33.6 Å². The number of fused-ring (bicyclic) bond motifs is 3. The molecule has 3 heteroatoms. The first-order valence-electron chi connectivity index (χ1n) is 16.5. The predicted molar refractivity (Wildman–Crippen MR) is 208 cm³/mol. The van der Waals surface area contributed by atoms with Crippen LogP contribution in [0, 0.1) is 0 Å². The Bertz CT molecular complexity index is 2590. The molecule has 0 saturated heterocycles. The van der Waals surface area contributed by atoms with Crippen LogP contribution in [0.25, 0.3) is 87.5 Å². The molecule has 2 aromatic heterocycles. The van der Waals surface area contributed by atoms with Crippen molar-refractivity contribution in [2.75, 3.05) is 0 Å². The van der Waals surface area contributed by atoms with Crippen molar-refractivity contribution < 1.29 is 0 Å². The summed E-state index contributed by atoms with van der Waals surface area (Å²) in [5.41, 5.74) is 12.0. The van der Waals surface area contributed by atoms with Gasteiger partial charge in [-0.15, -0.1) is 11.3 Å². The minimum absolute atomic E-state index is 0.703. The number of hydrogen-bond acceptors (Lipinski definition) is 3. The van der Waals surface area contributed by atoms with Gasteiger partial charge < -0.3 is 0 Å². The molecule has 0 unspecified atom stereocenters. The van der Waals surface area contributed by atoms with E-state index in [4.69, 9.17) is 9.97 Å². The summed E-state index contributed by atoms with van der Waals surface area (Å²) in [6, 6.07) is 64.4. The second kappa shape index (κ2) is 12.5. The summed E-state index contributed by atoms with van der Waals surface area (Å²) < 4.78 is 2.61. The number of thiophene rings is 1. The molecule has 2 nitrogen and oxygen atoms in total. The fourth-order valence-electron chi connectivity index (χ4n) is 6.67. The van der Waals surface area contributed by atoms with Gasteiger partial charge in [0.25, 0.3) is 0 Å². The zero-order valence-electron chi connectivity index (χ0n) is 26.6. The van der Waals surface area contributed by atoms with Gasteiger partial charge in [0.2, 0.25) is 0 Å². The van der Waals surface area contributed by atoms with E-state index in [0.29, 0.717) is 5.82 Å². The van der Waals surface area contributed by atoms with E-state index < -0.39 is 0 Å². The molecule has 0 spiro atoms. The maximum Gasteiger partial charge on any atom is 0.160 e. The maximum atomic E-state index is 5.23. The Labute approximate surface area is 289 Å². The molecule has 2 heterocycles. The minimum atomic E-state index is 0.703. The normalized spacial score (nSPS) is 11.3. The summed E-state index contributed by atoms with van der Waals surface area (Å²) in [4.78, 5) is 10.4. The molecule has 0 fully saturated rings. The fraction of sp³-hybridized carbons (Fsp3) is 0. The first kappa shape index (κ1) is 29.0. The zero-order valence-corrected chi connectivity index (χ0v) is 27.4. The Balaban J connectivity index is 1.19. The molecule has 230 valence electrons. The molecule has 9 rings (SSSR count). The number of aromatic nitrogens is 2. The first-order valence-corrected chi connectivity index (χ1v) is 17.3. The van der Waals surface area contributed by atoms with Crippen molar-refractivity contribution >= 4 is 31.5 Å². The summed E-state index contributed by atoms with van der Waals surface area (Å²) in [6.07, 6.45) is 0. The van der Waals surface area contributed by atoms with Gasteiger partial charge in [0, 0.05) is 36.9 Å². The van der Waals surface area contributed by atoms with Gasteiger partial charge in [0.05, 0.1) is 11.4 Å². The fourth-order valence-corrected chi connectivity index (χ4v) is 7.80. The van der Waals surface area contributed by atoms with Crippen LogP contribution in [0.2, 0.25) is 0 Å². The molecule has 7 aromatic carbocycles. The Kier molecular flexibility index (Phi) is 7.38. The minimum Gasteiger partial charge on any atom is -0.228 e. The monoisotopic (exact) mass is 642 g/mol. The molecule has 0 radical (unpaired) electrons. The van der Waals surface area contributed by atoms with Crippen LogP contribution >= 0.6 is 11.3 Å². The Morgan fingerprint density at radius 3 is 1.61 bits per heavy atom. The molecule has 0 bridgehead atoms. The standard InChI is InChI=1S/C46H30N2S/c1-3-12-31(13-4-1)33-24-26-34(27-25-33)41-30-42(48-46(47-41)38-19-9-16-35(28-38)32-14-5-2-6-15-32)37-18-10-17-36(29-37)39-21-11-23-44-45(39)40-20-7-8-22-43(40)49-44/h1-30H. The lowest BCUT2D eigenvalue weighted by molar-refractivity contribution is 1.18. The van der Waals surface area contributed by atoms with E-state index in [1.165, 1.54) is 48.0 Å². The molecule has 0 aliphatic heterocycles. The van der Waals surface area contributed by atoms with Gasteiger partial charge in [-0.05, 0) is 63.7 Å². The van der Waals surface area contributed by atoms with Crippen LogP contribution in [0.3, 0.4) is 0 Å². The number of rotatable bonds is 6. The summed E-state index contributed by atoms with van der Waals surface area (Å²) >= 11 is 1.85. The van der Waals surface area contributed by atoms with E-state index >= 15 is 0 Å². The van der Waals surface area contributed by atoms with Crippen LogP contribution in [-0.4, -0.2) is 9.97 Å². The Hall–Kier alpha value is -6.16. The molecule has 0 amide bonds. The predicted octanol–water partition coefficient (Wildman–Crippen LogP) is 12.8. The lowest BCUT2D eigenvalue weighted by Gasteiger charge is -2.12. The van der Waals surface area contributed by atoms with Crippen LogP contribution in [0.1, 0.15) is 0 Å². The Morgan fingerprint density at radius 1 is 0.327 bits per heavy atom. The summed E-state index contributed by atoms with van der Waals surface area (Å²) in [6.45, 7) is 0. The van der Waals surface area contributed by atoms with Gasteiger partial charge >= 0.3 is 0 Å². The van der Waals surface area contributed by atoms with Gasteiger partial charge in [-0.3, -0.25) is 0 Å². The van der Waals surface area contributed by atoms with E-state index in [2.05, 4.69) is 170 Å². The van der Waals surface area contributed by atoms with Crippen molar-refractivity contribution in [2.24, 2.45) is 0 Å². The van der Waals surface area contributed by atoms with E-state index in [-0.39, 0.29) is 0 Å². The van der Waals surface area contributed by atoms with Gasteiger partial charge in [0.1, 0.15) is 0 Å². The van der Waals surface area contributed by atoms with Crippen molar-refractivity contribution in [2.45, 2.75) is 0 Å². The maximum absolute atomic E-state index is 5.23. The van der Waals surface area contributed by atoms with E-state index in [1.807, 2.05) is 23.5 Å². The van der Waals surface area contributed by atoms with Crippen molar-refractivity contribution in [1.82, 2.24) is 9.97 Å². The average Bonchev–Trinajstić information content (AvgIpc) is 3.58. The third kappa shape index (κ3) is 5.61. The van der Waals surface area contributed by atoms with E-state index in [9.17, 15) is 0 Å². The van der Waals surface area contributed by atoms with Crippen molar-refractivity contribution in [3.05, 3.63) is 182 Å². The molecule has 0 aliphatic carbocycles. The number of hydrogen-bond donors (Lipinski definition) is 0. The Morgan fingerprint density at radius 2 is 0.837 bits per heavy atom. The highest BCUT2D eigenvalue weighted by molar-refractivity contribution is 7.25. The second-order valence-corrected chi connectivity index (χ2v) is 13.3. The van der Waals surface area contributed by atoms with Gasteiger partial charge in [0.15, 0.2) is 5.82 Å². The highest BCUT2D eigenvalue weighted by Gasteiger charge is 2.15. The summed E-state index contributed by atoms with van der Waals surface area (Å²) in [5, 5.41) is 2.60. The third-order valence-corrected chi connectivity index (χ3v) is 10.2. The van der Waals surface area contributed by atoms with Crippen LogP contribution in [-0.2, 0) is 0 Å². The van der Waals surface area contributed by atoms with Crippen LogP contribution in [0.15, 0.2) is 182 Å². The number of nitrogens with zero attached hydrogens (tertiary/aromatic N) is 2. The molecular formula is C46H30N2S. The van der Waals surface area contributed by atoms with Crippen LogP contribution in [0.4, 0.5) is 0 Å². The molecule has 0 aliphatic rings. The van der Waals surface area contributed by atoms with Crippen LogP contribution < -0.4 is 0 Å². The molecular weight excluding hydrogens is 613 g/mol. The second-order valence-electron chi connectivity index (χ2n) is 12.2. The first-order chi connectivity index (χ1) is 24.3. The summed E-state index contributed by atoms with van der Waals surface area (Å²) in [7, 11) is 0. The van der Waals surface area contributed by atoms with Crippen molar-refractivity contribution in [3.8, 4) is 67.3 Å². The van der Waals surface area contributed by atoms with Gasteiger partial charge in [-0.25, -0.2) is 9.97 Å². The number of benzene rings is 7. The SMILES string of the molecule is c1ccc(-c2ccc(-c3cc(-c4cccc(-c5cccc6sc7ccccc7c56)c4)nc(-c4cccc(-c5ccccc5)c4)n3)cc2)cc1. The highest BCUT2D eigenvalue weighted by Crippen LogP contribution is 2.41. The third-order valence-electron chi connectivity index (χ3n) is 9.11. The lowest BCUT2D eigenvalue weighted by atomic mass is 9.96. The van der Waals surface area contributed by atoms with Crippen molar-refractivity contribution in [1.29, 1.82) is 0 Å². The topological polar surface area (TPSA) is 25.8 Å². The highest BCUT2D eigenvalue weighted by atomic mass is 32.1. The lowest BCUT2D eigenvalue weighted by Crippen LogP contribution is -1.96.